The summed E-state index contributed by atoms with van der Waals surface area (Å²) in [6, 6.07) is 18.3. The zero-order valence-electron chi connectivity index (χ0n) is 18.1. The Labute approximate surface area is 183 Å². The first-order valence-electron chi connectivity index (χ1n) is 10.4. The Morgan fingerprint density at radius 2 is 1.81 bits per heavy atom. The molecule has 0 fully saturated rings. The predicted molar refractivity (Wildman–Crippen MR) is 124 cm³/mol. The zero-order valence-corrected chi connectivity index (χ0v) is 18.1. The Morgan fingerprint density at radius 1 is 0.935 bits per heavy atom. The number of hydrogen-bond donors (Lipinski definition) is 2. The van der Waals surface area contributed by atoms with Gasteiger partial charge in [0.05, 0.1) is 13.2 Å². The summed E-state index contributed by atoms with van der Waals surface area (Å²) in [4.78, 5) is 8.56. The highest BCUT2D eigenvalue weighted by Gasteiger charge is 2.06. The Hall–Kier alpha value is -3.32. The molecule has 0 aliphatic rings. The lowest BCUT2D eigenvalue weighted by Crippen LogP contribution is -2.37. The second-order valence-corrected chi connectivity index (χ2v) is 6.87. The molecule has 1 heterocycles. The predicted octanol–water partition coefficient (Wildman–Crippen LogP) is 3.39. The van der Waals surface area contributed by atoms with Gasteiger partial charge >= 0.3 is 0 Å². The van der Waals surface area contributed by atoms with Gasteiger partial charge in [-0.05, 0) is 35.4 Å². The number of methoxy groups -OCH3 is 1. The van der Waals surface area contributed by atoms with Crippen molar-refractivity contribution in [3.05, 3.63) is 66.4 Å². The van der Waals surface area contributed by atoms with Crippen molar-refractivity contribution in [1.29, 1.82) is 0 Å². The van der Waals surface area contributed by atoms with Crippen LogP contribution in [0.15, 0.2) is 65.8 Å². The van der Waals surface area contributed by atoms with Crippen LogP contribution < -0.4 is 20.1 Å². The molecule has 1 aromatic heterocycles. The number of guanidine groups is 1. The van der Waals surface area contributed by atoms with Gasteiger partial charge in [-0.3, -0.25) is 4.99 Å². The summed E-state index contributed by atoms with van der Waals surface area (Å²) in [7, 11) is 3.40. The van der Waals surface area contributed by atoms with E-state index >= 15 is 0 Å². The van der Waals surface area contributed by atoms with Gasteiger partial charge in [-0.1, -0.05) is 36.4 Å². The van der Waals surface area contributed by atoms with Gasteiger partial charge in [-0.25, -0.2) is 4.98 Å². The summed E-state index contributed by atoms with van der Waals surface area (Å²) in [5, 5.41) is 9.00. The average molecular weight is 423 g/mol. The fraction of sp³-hybridized carbons (Fsp3) is 0.333. The molecule has 2 N–H and O–H groups in total. The Morgan fingerprint density at radius 3 is 2.65 bits per heavy atom. The van der Waals surface area contributed by atoms with Crippen LogP contribution in [0, 0.1) is 0 Å². The van der Waals surface area contributed by atoms with Crippen molar-refractivity contribution >= 4 is 16.7 Å². The second kappa shape index (κ2) is 12.4. The molecule has 0 unspecified atom stereocenters. The Balaban J connectivity index is 1.38. The molecule has 31 heavy (non-hydrogen) atoms. The maximum Gasteiger partial charge on any atom is 0.218 e. The van der Waals surface area contributed by atoms with Gasteiger partial charge in [0.1, 0.15) is 12.4 Å². The van der Waals surface area contributed by atoms with Gasteiger partial charge in [0.2, 0.25) is 5.88 Å². The van der Waals surface area contributed by atoms with E-state index in [4.69, 9.17) is 14.2 Å². The van der Waals surface area contributed by atoms with E-state index in [2.05, 4.69) is 44.9 Å². The van der Waals surface area contributed by atoms with E-state index in [0.717, 1.165) is 30.2 Å². The fourth-order valence-corrected chi connectivity index (χ4v) is 3.04. The van der Waals surface area contributed by atoms with E-state index in [1.165, 1.54) is 10.8 Å². The van der Waals surface area contributed by atoms with E-state index in [0.29, 0.717) is 32.2 Å². The summed E-state index contributed by atoms with van der Waals surface area (Å²) in [5.41, 5.74) is 0.959. The number of aliphatic imine (C=N–C) groups is 1. The maximum absolute atomic E-state index is 5.89. The number of rotatable bonds is 11. The lowest BCUT2D eigenvalue weighted by Gasteiger charge is -2.14. The normalized spacial score (nSPS) is 11.4. The SMILES string of the molecule is CN=C(NCCCOc1ccc2ccccc2c1)NCc1cccnc1OCCOC. The largest absolute Gasteiger partial charge is 0.494 e. The molecule has 0 saturated heterocycles. The first-order chi connectivity index (χ1) is 15.3. The third-order valence-corrected chi connectivity index (χ3v) is 4.65. The molecule has 7 heteroatoms. The topological polar surface area (TPSA) is 77.0 Å². The minimum absolute atomic E-state index is 0.463. The molecular weight excluding hydrogens is 392 g/mol. The number of benzene rings is 2. The van der Waals surface area contributed by atoms with Gasteiger partial charge in [-0.15, -0.1) is 0 Å². The highest BCUT2D eigenvalue weighted by atomic mass is 16.5. The van der Waals surface area contributed by atoms with Crippen molar-refractivity contribution in [3.8, 4) is 11.6 Å². The Kier molecular flexibility index (Phi) is 8.94. The first-order valence-corrected chi connectivity index (χ1v) is 10.4. The summed E-state index contributed by atoms with van der Waals surface area (Å²) in [6.45, 7) is 2.92. The average Bonchev–Trinajstić information content (AvgIpc) is 2.81. The lowest BCUT2D eigenvalue weighted by molar-refractivity contribution is 0.143. The molecule has 0 bridgehead atoms. The van der Waals surface area contributed by atoms with Crippen molar-refractivity contribution in [3.63, 3.8) is 0 Å². The molecule has 0 radical (unpaired) electrons. The molecule has 0 spiro atoms. The third kappa shape index (κ3) is 7.15. The smallest absolute Gasteiger partial charge is 0.218 e. The van der Waals surface area contributed by atoms with Crippen molar-refractivity contribution in [2.45, 2.75) is 13.0 Å². The van der Waals surface area contributed by atoms with E-state index in [-0.39, 0.29) is 0 Å². The monoisotopic (exact) mass is 422 g/mol. The number of fused-ring (bicyclic) bond motifs is 1. The van der Waals surface area contributed by atoms with E-state index < -0.39 is 0 Å². The molecule has 0 saturated carbocycles. The van der Waals surface area contributed by atoms with Gasteiger partial charge in [0.15, 0.2) is 5.96 Å². The quantitative estimate of drug-likeness (QED) is 0.280. The summed E-state index contributed by atoms with van der Waals surface area (Å²) in [6.07, 6.45) is 2.57. The molecule has 7 nitrogen and oxygen atoms in total. The minimum Gasteiger partial charge on any atom is -0.494 e. The first kappa shape index (κ1) is 22.4. The van der Waals surface area contributed by atoms with Crippen LogP contribution in [0.4, 0.5) is 0 Å². The zero-order chi connectivity index (χ0) is 21.7. The third-order valence-electron chi connectivity index (χ3n) is 4.65. The highest BCUT2D eigenvalue weighted by Crippen LogP contribution is 2.20. The van der Waals surface area contributed by atoms with Gasteiger partial charge in [0, 0.05) is 39.0 Å². The van der Waals surface area contributed by atoms with Crippen molar-refractivity contribution < 1.29 is 14.2 Å². The van der Waals surface area contributed by atoms with Crippen LogP contribution >= 0.6 is 0 Å². The van der Waals surface area contributed by atoms with Crippen LogP contribution in [0.1, 0.15) is 12.0 Å². The van der Waals surface area contributed by atoms with Gasteiger partial charge < -0.3 is 24.8 Å². The lowest BCUT2D eigenvalue weighted by atomic mass is 10.1. The van der Waals surface area contributed by atoms with Crippen LogP contribution in [-0.4, -0.2) is 51.5 Å². The molecular formula is C24H30N4O3. The summed E-state index contributed by atoms with van der Waals surface area (Å²) < 4.78 is 16.6. The Bertz CT molecular complexity index is 978. The van der Waals surface area contributed by atoms with Gasteiger partial charge in [-0.2, -0.15) is 0 Å². The maximum atomic E-state index is 5.89. The molecule has 0 amide bonds. The van der Waals surface area contributed by atoms with Crippen LogP contribution in [0.2, 0.25) is 0 Å². The number of nitrogens with zero attached hydrogens (tertiary/aromatic N) is 2. The molecule has 0 aliphatic carbocycles. The number of ether oxygens (including phenoxy) is 3. The van der Waals surface area contributed by atoms with Crippen LogP contribution in [0.3, 0.4) is 0 Å². The van der Waals surface area contributed by atoms with Gasteiger partial charge in [0.25, 0.3) is 0 Å². The van der Waals surface area contributed by atoms with E-state index in [9.17, 15) is 0 Å². The summed E-state index contributed by atoms with van der Waals surface area (Å²) in [5.74, 6) is 2.21. The fourth-order valence-electron chi connectivity index (χ4n) is 3.04. The molecule has 0 aliphatic heterocycles. The summed E-state index contributed by atoms with van der Waals surface area (Å²) >= 11 is 0. The number of aromatic nitrogens is 1. The number of pyridine rings is 1. The molecule has 2 aromatic carbocycles. The van der Waals surface area contributed by atoms with Crippen molar-refractivity contribution in [2.24, 2.45) is 4.99 Å². The van der Waals surface area contributed by atoms with Crippen LogP contribution in [0.5, 0.6) is 11.6 Å². The van der Waals surface area contributed by atoms with Crippen molar-refractivity contribution in [1.82, 2.24) is 15.6 Å². The molecule has 164 valence electrons. The molecule has 3 rings (SSSR count). The number of hydrogen-bond acceptors (Lipinski definition) is 5. The van der Waals surface area contributed by atoms with Crippen molar-refractivity contribution in [2.75, 3.05) is 40.5 Å². The minimum atomic E-state index is 0.463. The molecule has 3 aromatic rings. The highest BCUT2D eigenvalue weighted by molar-refractivity contribution is 5.83. The number of nitrogens with one attached hydrogen (secondary N) is 2. The second-order valence-electron chi connectivity index (χ2n) is 6.87. The van der Waals surface area contributed by atoms with Crippen LogP contribution in [-0.2, 0) is 11.3 Å². The van der Waals surface area contributed by atoms with E-state index in [1.54, 1.807) is 20.4 Å². The van der Waals surface area contributed by atoms with Crippen LogP contribution in [0.25, 0.3) is 10.8 Å². The standard InChI is InChI=1S/C24H30N4O3/c1-25-24(28-18-21-9-5-12-26-23(21)31-16-15-29-2)27-13-6-14-30-22-11-10-19-7-3-4-8-20(19)17-22/h3-5,7-12,17H,6,13-16,18H2,1-2H3,(H2,25,27,28). The molecule has 0 atom stereocenters. The van der Waals surface area contributed by atoms with E-state index in [1.807, 2.05) is 30.3 Å².